The summed E-state index contributed by atoms with van der Waals surface area (Å²) in [6, 6.07) is 13.9. The van der Waals surface area contributed by atoms with Crippen LogP contribution in [0.4, 0.5) is 4.39 Å². The van der Waals surface area contributed by atoms with Gasteiger partial charge in [0.25, 0.3) is 0 Å². The minimum atomic E-state index is -0.252. The first kappa shape index (κ1) is 17.7. The first-order valence-corrected chi connectivity index (χ1v) is 8.17. The maximum Gasteiger partial charge on any atom is 0.226 e. The molecule has 0 fully saturated rings. The molecular weight excluding hydrogens is 331 g/mol. The van der Waals surface area contributed by atoms with Crippen molar-refractivity contribution in [1.82, 2.24) is 9.88 Å². The first-order chi connectivity index (χ1) is 12.7. The smallest absolute Gasteiger partial charge is 0.226 e. The van der Waals surface area contributed by atoms with Crippen LogP contribution in [0.5, 0.6) is 5.75 Å². The molecule has 0 unspecified atom stereocenters. The van der Waals surface area contributed by atoms with Crippen molar-refractivity contribution in [2.45, 2.75) is 13.1 Å². The fraction of sp³-hybridized carbons (Fsp3) is 0.190. The Morgan fingerprint density at radius 2 is 1.85 bits per heavy atom. The number of methoxy groups -OCH3 is 1. The SMILES string of the molecule is C#CCN(Cc1ccc(F)cc1)Cc1coc(-c2ccc(OC)cc2)n1. The zero-order chi connectivity index (χ0) is 18.4. The van der Waals surface area contributed by atoms with Crippen LogP contribution < -0.4 is 4.74 Å². The van der Waals surface area contributed by atoms with Crippen molar-refractivity contribution in [2.24, 2.45) is 0 Å². The van der Waals surface area contributed by atoms with Crippen molar-refractivity contribution >= 4 is 0 Å². The topological polar surface area (TPSA) is 38.5 Å². The van der Waals surface area contributed by atoms with Crippen molar-refractivity contribution in [1.29, 1.82) is 0 Å². The molecule has 0 bridgehead atoms. The molecule has 0 amide bonds. The zero-order valence-corrected chi connectivity index (χ0v) is 14.5. The molecule has 132 valence electrons. The van der Waals surface area contributed by atoms with Gasteiger partial charge in [-0.15, -0.1) is 6.42 Å². The summed E-state index contributed by atoms with van der Waals surface area (Å²) < 4.78 is 23.8. The molecule has 1 aromatic heterocycles. The average Bonchev–Trinajstić information content (AvgIpc) is 3.12. The van der Waals surface area contributed by atoms with E-state index in [4.69, 9.17) is 15.6 Å². The summed E-state index contributed by atoms with van der Waals surface area (Å²) >= 11 is 0. The molecule has 0 aliphatic heterocycles. The van der Waals surface area contributed by atoms with Crippen LogP contribution in [0.3, 0.4) is 0 Å². The molecule has 0 saturated heterocycles. The number of terminal acetylenes is 1. The summed E-state index contributed by atoms with van der Waals surface area (Å²) in [6.45, 7) is 1.61. The van der Waals surface area contributed by atoms with E-state index in [1.165, 1.54) is 12.1 Å². The molecule has 3 rings (SSSR count). The molecule has 1 heterocycles. The predicted molar refractivity (Wildman–Crippen MR) is 97.8 cm³/mol. The summed E-state index contributed by atoms with van der Waals surface area (Å²) in [4.78, 5) is 6.58. The minimum Gasteiger partial charge on any atom is -0.497 e. The molecule has 5 heteroatoms. The number of oxazole rings is 1. The third-order valence-electron chi connectivity index (χ3n) is 3.91. The van der Waals surface area contributed by atoms with Gasteiger partial charge < -0.3 is 9.15 Å². The van der Waals surface area contributed by atoms with Gasteiger partial charge in [0, 0.05) is 18.7 Å². The van der Waals surface area contributed by atoms with Crippen LogP contribution in [-0.2, 0) is 13.1 Å². The van der Waals surface area contributed by atoms with Crippen LogP contribution in [0.1, 0.15) is 11.3 Å². The third kappa shape index (κ3) is 4.50. The average molecular weight is 350 g/mol. The van der Waals surface area contributed by atoms with Crippen molar-refractivity contribution in [2.75, 3.05) is 13.7 Å². The van der Waals surface area contributed by atoms with E-state index < -0.39 is 0 Å². The molecule has 4 nitrogen and oxygen atoms in total. The van der Waals surface area contributed by atoms with Gasteiger partial charge in [-0.3, -0.25) is 4.90 Å². The second kappa shape index (κ2) is 8.32. The molecule has 0 spiro atoms. The Morgan fingerprint density at radius 3 is 2.50 bits per heavy atom. The Labute approximate surface area is 152 Å². The van der Waals surface area contributed by atoms with Crippen LogP contribution in [-0.4, -0.2) is 23.5 Å². The van der Waals surface area contributed by atoms with E-state index in [-0.39, 0.29) is 5.82 Å². The van der Waals surface area contributed by atoms with Gasteiger partial charge in [-0.1, -0.05) is 18.1 Å². The molecule has 26 heavy (non-hydrogen) atoms. The molecular formula is C21H19FN2O2. The fourth-order valence-electron chi connectivity index (χ4n) is 2.62. The zero-order valence-electron chi connectivity index (χ0n) is 14.5. The lowest BCUT2D eigenvalue weighted by Gasteiger charge is -2.18. The van der Waals surface area contributed by atoms with E-state index in [0.717, 1.165) is 22.6 Å². The van der Waals surface area contributed by atoms with Gasteiger partial charge in [0.05, 0.1) is 19.3 Å². The number of hydrogen-bond donors (Lipinski definition) is 0. The van der Waals surface area contributed by atoms with Gasteiger partial charge in [-0.05, 0) is 42.0 Å². The predicted octanol–water partition coefficient (Wildman–Crippen LogP) is 4.12. The molecule has 0 atom stereocenters. The van der Waals surface area contributed by atoms with E-state index in [0.29, 0.717) is 25.5 Å². The highest BCUT2D eigenvalue weighted by molar-refractivity contribution is 5.54. The Hall–Kier alpha value is -3.10. The lowest BCUT2D eigenvalue weighted by Crippen LogP contribution is -2.23. The highest BCUT2D eigenvalue weighted by Gasteiger charge is 2.11. The van der Waals surface area contributed by atoms with Crippen molar-refractivity contribution < 1.29 is 13.5 Å². The van der Waals surface area contributed by atoms with Gasteiger partial charge in [0.2, 0.25) is 5.89 Å². The summed E-state index contributed by atoms with van der Waals surface area (Å²) in [5, 5.41) is 0. The van der Waals surface area contributed by atoms with Crippen molar-refractivity contribution in [3.05, 3.63) is 71.9 Å². The summed E-state index contributed by atoms with van der Waals surface area (Å²) in [5.41, 5.74) is 2.65. The Morgan fingerprint density at radius 1 is 1.12 bits per heavy atom. The Balaban J connectivity index is 1.70. The number of aromatic nitrogens is 1. The van der Waals surface area contributed by atoms with Crippen LogP contribution in [0.25, 0.3) is 11.5 Å². The molecule has 0 aliphatic rings. The van der Waals surface area contributed by atoms with E-state index in [2.05, 4.69) is 10.9 Å². The molecule has 0 saturated carbocycles. The van der Waals surface area contributed by atoms with Crippen molar-refractivity contribution in [3.8, 4) is 29.5 Å². The highest BCUT2D eigenvalue weighted by atomic mass is 19.1. The molecule has 3 aromatic rings. The number of nitrogens with zero attached hydrogens (tertiary/aromatic N) is 2. The number of ether oxygens (including phenoxy) is 1. The van der Waals surface area contributed by atoms with Gasteiger partial charge in [-0.25, -0.2) is 9.37 Å². The van der Waals surface area contributed by atoms with E-state index in [9.17, 15) is 4.39 Å². The number of benzene rings is 2. The van der Waals surface area contributed by atoms with Gasteiger partial charge in [0.1, 0.15) is 17.8 Å². The van der Waals surface area contributed by atoms with Crippen molar-refractivity contribution in [3.63, 3.8) is 0 Å². The monoisotopic (exact) mass is 350 g/mol. The lowest BCUT2D eigenvalue weighted by molar-refractivity contribution is 0.287. The van der Waals surface area contributed by atoms with Crippen LogP contribution in [0, 0.1) is 18.2 Å². The lowest BCUT2D eigenvalue weighted by atomic mass is 10.2. The summed E-state index contributed by atoms with van der Waals surface area (Å²) in [5.74, 6) is 3.72. The van der Waals surface area contributed by atoms with Crippen LogP contribution in [0.15, 0.2) is 59.2 Å². The van der Waals surface area contributed by atoms with Gasteiger partial charge >= 0.3 is 0 Å². The number of hydrogen-bond acceptors (Lipinski definition) is 4. The summed E-state index contributed by atoms with van der Waals surface area (Å²) in [7, 11) is 1.62. The molecule has 2 aromatic carbocycles. The third-order valence-corrected chi connectivity index (χ3v) is 3.91. The standard InChI is InChI=1S/C21H19FN2O2/c1-3-12-24(13-16-4-8-18(22)9-5-16)14-19-15-26-21(23-19)17-6-10-20(25-2)11-7-17/h1,4-11,15H,12-14H2,2H3. The molecule has 0 radical (unpaired) electrons. The molecule has 0 N–H and O–H groups in total. The normalized spacial score (nSPS) is 10.7. The first-order valence-electron chi connectivity index (χ1n) is 8.17. The van der Waals surface area contributed by atoms with E-state index in [1.54, 1.807) is 25.5 Å². The number of rotatable bonds is 7. The largest absolute Gasteiger partial charge is 0.497 e. The second-order valence-electron chi connectivity index (χ2n) is 5.85. The minimum absolute atomic E-state index is 0.252. The Kier molecular flexibility index (Phi) is 5.67. The number of halogens is 1. The second-order valence-corrected chi connectivity index (χ2v) is 5.85. The maximum atomic E-state index is 13.1. The maximum absolute atomic E-state index is 13.1. The summed E-state index contributed by atoms with van der Waals surface area (Å²) in [6.07, 6.45) is 7.11. The van der Waals surface area contributed by atoms with Gasteiger partial charge in [-0.2, -0.15) is 0 Å². The van der Waals surface area contributed by atoms with E-state index in [1.807, 2.05) is 29.2 Å². The van der Waals surface area contributed by atoms with Gasteiger partial charge in [0.15, 0.2) is 0 Å². The fourth-order valence-corrected chi connectivity index (χ4v) is 2.62. The molecule has 0 aliphatic carbocycles. The van der Waals surface area contributed by atoms with E-state index >= 15 is 0 Å². The van der Waals surface area contributed by atoms with Crippen LogP contribution >= 0.6 is 0 Å². The highest BCUT2D eigenvalue weighted by Crippen LogP contribution is 2.22. The quantitative estimate of drug-likeness (QED) is 0.601. The Bertz CT molecular complexity index is 880. The van der Waals surface area contributed by atoms with Crippen LogP contribution in [0.2, 0.25) is 0 Å².